The molecular formula is C7H19Al. The molecule has 0 heterocycles. The molecule has 8 heavy (non-hydrogen) atoms. The summed E-state index contributed by atoms with van der Waals surface area (Å²) in [5.74, 6) is 0. The summed E-state index contributed by atoms with van der Waals surface area (Å²) in [6.07, 6.45) is 0. The fraction of sp³-hybridized carbons (Fsp3) is 1.00. The zero-order valence-corrected chi connectivity index (χ0v) is 6.85. The van der Waals surface area contributed by atoms with E-state index in [1.54, 1.807) is 0 Å². The van der Waals surface area contributed by atoms with Gasteiger partial charge in [-0.25, -0.2) is 0 Å². The quantitative estimate of drug-likeness (QED) is 0.515. The molecule has 0 aliphatic rings. The zero-order valence-electron chi connectivity index (χ0n) is 5.70. The van der Waals surface area contributed by atoms with Crippen LogP contribution in [0.4, 0.5) is 0 Å². The molecule has 0 spiro atoms. The van der Waals surface area contributed by atoms with Crippen LogP contribution in [0.2, 0.25) is 15.8 Å². The highest BCUT2D eigenvalue weighted by Crippen LogP contribution is 2.01. The van der Waals surface area contributed by atoms with Crippen molar-refractivity contribution in [1.29, 1.82) is 0 Å². The molecule has 0 saturated heterocycles. The van der Waals surface area contributed by atoms with Crippen molar-refractivity contribution < 1.29 is 0 Å². The van der Waals surface area contributed by atoms with E-state index in [1.807, 2.05) is 0 Å². The van der Waals surface area contributed by atoms with Gasteiger partial charge in [-0.15, -0.1) is 0 Å². The SMILES string of the molecule is C.C[CH2][Al]([CH2]C)[CH2]C. The molecule has 0 amide bonds. The van der Waals surface area contributed by atoms with E-state index in [0.717, 1.165) is 0 Å². The first-order valence-electron chi connectivity index (χ1n) is 3.35. The van der Waals surface area contributed by atoms with Crippen LogP contribution >= 0.6 is 0 Å². The summed E-state index contributed by atoms with van der Waals surface area (Å²) in [7, 11) is 0. The van der Waals surface area contributed by atoms with Gasteiger partial charge in [0, 0.05) is 0 Å². The molecular weight excluding hydrogens is 111 g/mol. The van der Waals surface area contributed by atoms with Crippen molar-refractivity contribution in [3.63, 3.8) is 0 Å². The van der Waals surface area contributed by atoms with Crippen LogP contribution in [-0.2, 0) is 0 Å². The second kappa shape index (κ2) is 7.53. The van der Waals surface area contributed by atoms with Crippen molar-refractivity contribution in [2.45, 2.75) is 44.0 Å². The molecule has 0 radical (unpaired) electrons. The predicted molar refractivity (Wildman–Crippen MR) is 43.9 cm³/mol. The lowest BCUT2D eigenvalue weighted by molar-refractivity contribution is 1.24. The van der Waals surface area contributed by atoms with Crippen molar-refractivity contribution in [2.75, 3.05) is 0 Å². The second-order valence-electron chi connectivity index (χ2n) is 2.09. The molecule has 0 aromatic rings. The number of hydrogen-bond acceptors (Lipinski definition) is 0. The third-order valence-corrected chi connectivity index (χ3v) is 5.20. The van der Waals surface area contributed by atoms with E-state index in [2.05, 4.69) is 20.8 Å². The minimum Gasteiger partial charge on any atom is -0.0967 e. The smallest absolute Gasteiger partial charge is 0.0967 e. The van der Waals surface area contributed by atoms with Crippen LogP contribution in [0, 0.1) is 0 Å². The number of rotatable bonds is 3. The fourth-order valence-corrected chi connectivity index (χ4v) is 2.60. The number of hydrogen-bond donors (Lipinski definition) is 0. The largest absolute Gasteiger partial charge is 0.261 e. The molecule has 0 N–H and O–H groups in total. The van der Waals surface area contributed by atoms with Crippen LogP contribution in [0.1, 0.15) is 28.2 Å². The molecule has 0 fully saturated rings. The zero-order chi connectivity index (χ0) is 5.70. The monoisotopic (exact) mass is 130 g/mol. The van der Waals surface area contributed by atoms with Gasteiger partial charge in [-0.3, -0.25) is 0 Å². The van der Waals surface area contributed by atoms with Gasteiger partial charge >= 0.3 is 0 Å². The maximum Gasteiger partial charge on any atom is 0.261 e. The Kier molecular flexibility index (Phi) is 10.7. The van der Waals surface area contributed by atoms with E-state index in [-0.39, 0.29) is 21.6 Å². The Balaban J connectivity index is 0. The topological polar surface area (TPSA) is 0 Å². The molecule has 0 aromatic carbocycles. The maximum atomic E-state index is 2.32. The first kappa shape index (κ1) is 11.3. The Bertz CT molecular complexity index is 25.9. The summed E-state index contributed by atoms with van der Waals surface area (Å²) in [4.78, 5) is 0. The van der Waals surface area contributed by atoms with E-state index in [9.17, 15) is 0 Å². The Morgan fingerprint density at radius 1 is 0.875 bits per heavy atom. The first-order chi connectivity index (χ1) is 3.35. The summed E-state index contributed by atoms with van der Waals surface area (Å²) >= 11 is -0.171. The lowest BCUT2D eigenvalue weighted by atomic mass is 10.9. The molecule has 0 aliphatic carbocycles. The highest BCUT2D eigenvalue weighted by molar-refractivity contribution is 6.58. The highest BCUT2D eigenvalue weighted by Gasteiger charge is 2.05. The lowest BCUT2D eigenvalue weighted by Gasteiger charge is -1.97. The van der Waals surface area contributed by atoms with E-state index >= 15 is 0 Å². The van der Waals surface area contributed by atoms with E-state index in [1.165, 1.54) is 15.8 Å². The van der Waals surface area contributed by atoms with Gasteiger partial charge in [-0.2, -0.15) is 0 Å². The van der Waals surface area contributed by atoms with Gasteiger partial charge in [0.1, 0.15) is 0 Å². The van der Waals surface area contributed by atoms with Gasteiger partial charge in [0.15, 0.2) is 0 Å². The van der Waals surface area contributed by atoms with Gasteiger partial charge in [-0.1, -0.05) is 44.0 Å². The summed E-state index contributed by atoms with van der Waals surface area (Å²) in [5, 5.41) is 4.48. The van der Waals surface area contributed by atoms with Gasteiger partial charge in [0.2, 0.25) is 0 Å². The molecule has 0 bridgehead atoms. The molecule has 0 nitrogen and oxygen atoms in total. The molecule has 1 heteroatoms. The first-order valence-corrected chi connectivity index (χ1v) is 5.80. The summed E-state index contributed by atoms with van der Waals surface area (Å²) in [6, 6.07) is 0. The third-order valence-electron chi connectivity index (χ3n) is 1.73. The Labute approximate surface area is 58.7 Å². The van der Waals surface area contributed by atoms with Crippen LogP contribution in [0.3, 0.4) is 0 Å². The molecule has 50 valence electrons. The van der Waals surface area contributed by atoms with Crippen LogP contribution in [-0.4, -0.2) is 14.1 Å². The summed E-state index contributed by atoms with van der Waals surface area (Å²) < 4.78 is 0. The van der Waals surface area contributed by atoms with Crippen molar-refractivity contribution in [1.82, 2.24) is 0 Å². The van der Waals surface area contributed by atoms with Crippen molar-refractivity contribution >= 4 is 14.1 Å². The third kappa shape index (κ3) is 4.69. The highest BCUT2D eigenvalue weighted by atomic mass is 27.2. The second-order valence-corrected chi connectivity index (χ2v) is 6.27. The Morgan fingerprint density at radius 2 is 1.12 bits per heavy atom. The summed E-state index contributed by atoms with van der Waals surface area (Å²) in [5.41, 5.74) is 0. The van der Waals surface area contributed by atoms with Crippen molar-refractivity contribution in [3.05, 3.63) is 0 Å². The normalized spacial score (nSPS) is 7.88. The standard InChI is InChI=1S/3C2H5.CH4.Al/c3*1-2;;/h3*1H2,2H3;1H4;. The van der Waals surface area contributed by atoms with Gasteiger partial charge < -0.3 is 0 Å². The van der Waals surface area contributed by atoms with E-state index in [4.69, 9.17) is 0 Å². The minimum absolute atomic E-state index is 0. The predicted octanol–water partition coefficient (Wildman–Crippen LogP) is 3.18. The molecule has 0 saturated carbocycles. The molecule has 0 unspecified atom stereocenters. The fourth-order valence-electron chi connectivity index (χ4n) is 0.866. The minimum atomic E-state index is -0.171. The van der Waals surface area contributed by atoms with Crippen LogP contribution in [0.15, 0.2) is 0 Å². The summed E-state index contributed by atoms with van der Waals surface area (Å²) in [6.45, 7) is 6.97. The maximum absolute atomic E-state index is 2.32. The average Bonchev–Trinajstić information content (AvgIpc) is 1.72. The molecule has 0 aromatic heterocycles. The molecule has 0 atom stereocenters. The average molecular weight is 130 g/mol. The molecule has 0 aliphatic heterocycles. The van der Waals surface area contributed by atoms with Gasteiger partial charge in [0.25, 0.3) is 14.1 Å². The van der Waals surface area contributed by atoms with Crippen molar-refractivity contribution in [3.8, 4) is 0 Å². The van der Waals surface area contributed by atoms with Crippen LogP contribution in [0.25, 0.3) is 0 Å². The molecule has 0 rings (SSSR count). The Morgan fingerprint density at radius 3 is 1.12 bits per heavy atom. The van der Waals surface area contributed by atoms with E-state index in [0.29, 0.717) is 0 Å². The van der Waals surface area contributed by atoms with E-state index < -0.39 is 0 Å². The van der Waals surface area contributed by atoms with Gasteiger partial charge in [0.05, 0.1) is 0 Å². The lowest BCUT2D eigenvalue weighted by Crippen LogP contribution is -2.04. The van der Waals surface area contributed by atoms with Crippen LogP contribution < -0.4 is 0 Å². The Hall–Kier alpha value is 0.532. The van der Waals surface area contributed by atoms with Gasteiger partial charge in [-0.05, 0) is 0 Å². The van der Waals surface area contributed by atoms with Crippen LogP contribution in [0.5, 0.6) is 0 Å². The van der Waals surface area contributed by atoms with Crippen molar-refractivity contribution in [2.24, 2.45) is 0 Å².